The predicted molar refractivity (Wildman–Crippen MR) is 83.7 cm³/mol. The molecule has 0 amide bonds. The highest BCUT2D eigenvalue weighted by Gasteiger charge is 2.09. The van der Waals surface area contributed by atoms with Crippen molar-refractivity contribution in [1.82, 2.24) is 9.78 Å². The van der Waals surface area contributed by atoms with Crippen molar-refractivity contribution in [2.24, 2.45) is 0 Å². The quantitative estimate of drug-likeness (QED) is 0.822. The molecule has 0 saturated heterocycles. The van der Waals surface area contributed by atoms with Crippen molar-refractivity contribution in [3.63, 3.8) is 0 Å². The molecule has 2 aromatic rings. The van der Waals surface area contributed by atoms with Crippen molar-refractivity contribution in [2.45, 2.75) is 32.9 Å². The summed E-state index contributed by atoms with van der Waals surface area (Å²) < 4.78 is 7.30. The number of anilines is 1. The number of hydrogen-bond donors (Lipinski definition) is 2. The van der Waals surface area contributed by atoms with E-state index in [4.69, 9.17) is 9.84 Å². The molecule has 0 aliphatic carbocycles. The highest BCUT2D eigenvalue weighted by Crippen LogP contribution is 2.22. The summed E-state index contributed by atoms with van der Waals surface area (Å²) in [6.07, 6.45) is 3.97. The Hall–Kier alpha value is -2.01. The number of nitrogens with one attached hydrogen (secondary N) is 1. The van der Waals surface area contributed by atoms with Gasteiger partial charge in [-0.15, -0.1) is 0 Å². The molecular weight excluding hydrogens is 266 g/mol. The van der Waals surface area contributed by atoms with Crippen molar-refractivity contribution in [3.05, 3.63) is 42.2 Å². The van der Waals surface area contributed by atoms with Gasteiger partial charge in [-0.1, -0.05) is 0 Å². The van der Waals surface area contributed by atoms with Crippen LogP contribution in [0.1, 0.15) is 38.4 Å². The van der Waals surface area contributed by atoms with E-state index in [1.165, 1.54) is 0 Å². The van der Waals surface area contributed by atoms with Crippen molar-refractivity contribution < 1.29 is 9.84 Å². The van der Waals surface area contributed by atoms with Crippen LogP contribution >= 0.6 is 0 Å². The topological polar surface area (TPSA) is 59.3 Å². The second kappa shape index (κ2) is 7.13. The standard InChI is InChI=1S/C16H23N3O2/c1-12(2)19-11-14(10-17-19)13(3)18-15-4-6-16(7-5-15)21-9-8-20/h4-7,10-13,18,20H,8-9H2,1-3H3. The average Bonchev–Trinajstić information content (AvgIpc) is 2.97. The first-order chi connectivity index (χ1) is 10.1. The Morgan fingerprint density at radius 1 is 1.24 bits per heavy atom. The fraction of sp³-hybridized carbons (Fsp3) is 0.438. The first-order valence-corrected chi connectivity index (χ1v) is 7.24. The van der Waals surface area contributed by atoms with Crippen LogP contribution in [0.4, 0.5) is 5.69 Å². The van der Waals surface area contributed by atoms with Gasteiger partial charge in [0.25, 0.3) is 0 Å². The molecule has 0 aliphatic heterocycles. The molecule has 1 aromatic heterocycles. The van der Waals surface area contributed by atoms with Crippen LogP contribution < -0.4 is 10.1 Å². The fourth-order valence-corrected chi connectivity index (χ4v) is 2.00. The lowest BCUT2D eigenvalue weighted by atomic mass is 10.2. The molecule has 0 spiro atoms. The van der Waals surface area contributed by atoms with Gasteiger partial charge in [-0.05, 0) is 45.0 Å². The van der Waals surface area contributed by atoms with Crippen LogP contribution in [0.25, 0.3) is 0 Å². The molecule has 2 rings (SSSR count). The molecule has 114 valence electrons. The fourth-order valence-electron chi connectivity index (χ4n) is 2.00. The molecule has 0 radical (unpaired) electrons. The number of rotatable bonds is 7. The molecule has 1 atom stereocenters. The Morgan fingerprint density at radius 3 is 2.52 bits per heavy atom. The minimum absolute atomic E-state index is 0.0247. The highest BCUT2D eigenvalue weighted by atomic mass is 16.5. The zero-order valence-corrected chi connectivity index (χ0v) is 12.8. The van der Waals surface area contributed by atoms with E-state index in [0.717, 1.165) is 17.0 Å². The monoisotopic (exact) mass is 289 g/mol. The van der Waals surface area contributed by atoms with Crippen molar-refractivity contribution in [2.75, 3.05) is 18.5 Å². The minimum Gasteiger partial charge on any atom is -0.491 e. The first kappa shape index (κ1) is 15.4. The summed E-state index contributed by atoms with van der Waals surface area (Å²) in [5.74, 6) is 0.759. The maximum absolute atomic E-state index is 8.72. The molecule has 0 aliphatic rings. The molecule has 1 heterocycles. The van der Waals surface area contributed by atoms with Crippen molar-refractivity contribution in [3.8, 4) is 5.75 Å². The Bertz CT molecular complexity index is 549. The summed E-state index contributed by atoms with van der Waals surface area (Å²) in [6.45, 7) is 6.67. The molecule has 1 unspecified atom stereocenters. The van der Waals surface area contributed by atoms with Gasteiger partial charge < -0.3 is 15.2 Å². The second-order valence-corrected chi connectivity index (χ2v) is 5.31. The number of aromatic nitrogens is 2. The van der Waals surface area contributed by atoms with Crippen LogP contribution in [0.5, 0.6) is 5.75 Å². The Balaban J connectivity index is 1.96. The zero-order chi connectivity index (χ0) is 15.2. The second-order valence-electron chi connectivity index (χ2n) is 5.31. The lowest BCUT2D eigenvalue weighted by Crippen LogP contribution is -2.06. The number of nitrogens with zero attached hydrogens (tertiary/aromatic N) is 2. The van der Waals surface area contributed by atoms with E-state index in [0.29, 0.717) is 12.6 Å². The van der Waals surface area contributed by atoms with E-state index in [1.807, 2.05) is 35.1 Å². The van der Waals surface area contributed by atoms with Gasteiger partial charge >= 0.3 is 0 Å². The maximum atomic E-state index is 8.72. The number of aliphatic hydroxyl groups is 1. The number of benzene rings is 1. The molecule has 5 heteroatoms. The van der Waals surface area contributed by atoms with E-state index < -0.39 is 0 Å². The highest BCUT2D eigenvalue weighted by molar-refractivity contribution is 5.47. The predicted octanol–water partition coefficient (Wildman–Crippen LogP) is 3.01. The van der Waals surface area contributed by atoms with E-state index >= 15 is 0 Å². The molecule has 1 aromatic carbocycles. The lowest BCUT2D eigenvalue weighted by molar-refractivity contribution is 0.201. The summed E-state index contributed by atoms with van der Waals surface area (Å²) in [5, 5.41) is 16.5. The maximum Gasteiger partial charge on any atom is 0.119 e. The van der Waals surface area contributed by atoms with E-state index in [-0.39, 0.29) is 12.6 Å². The van der Waals surface area contributed by atoms with Crippen LogP contribution in [0.2, 0.25) is 0 Å². The molecular formula is C16H23N3O2. The summed E-state index contributed by atoms with van der Waals surface area (Å²) >= 11 is 0. The van der Waals surface area contributed by atoms with Gasteiger partial charge in [0, 0.05) is 23.5 Å². The number of ether oxygens (including phenoxy) is 1. The Kier molecular flexibility index (Phi) is 5.22. The van der Waals surface area contributed by atoms with E-state index in [2.05, 4.69) is 37.4 Å². The van der Waals surface area contributed by atoms with Crippen molar-refractivity contribution >= 4 is 5.69 Å². The van der Waals surface area contributed by atoms with Gasteiger partial charge in [0.1, 0.15) is 12.4 Å². The summed E-state index contributed by atoms with van der Waals surface area (Å²) in [5.41, 5.74) is 2.18. The van der Waals surface area contributed by atoms with Crippen LogP contribution in [0.15, 0.2) is 36.7 Å². The van der Waals surface area contributed by atoms with Gasteiger partial charge in [-0.2, -0.15) is 5.10 Å². The third-order valence-corrected chi connectivity index (χ3v) is 3.25. The first-order valence-electron chi connectivity index (χ1n) is 7.24. The largest absolute Gasteiger partial charge is 0.491 e. The smallest absolute Gasteiger partial charge is 0.119 e. The normalized spacial score (nSPS) is 12.4. The van der Waals surface area contributed by atoms with E-state index in [1.54, 1.807) is 0 Å². The molecule has 2 N–H and O–H groups in total. The molecule has 0 fully saturated rings. The molecule has 0 saturated carbocycles. The van der Waals surface area contributed by atoms with Crippen molar-refractivity contribution in [1.29, 1.82) is 0 Å². The third-order valence-electron chi connectivity index (χ3n) is 3.25. The third kappa shape index (κ3) is 4.23. The van der Waals surface area contributed by atoms with Gasteiger partial charge in [0.2, 0.25) is 0 Å². The summed E-state index contributed by atoms with van der Waals surface area (Å²) in [7, 11) is 0. The van der Waals surface area contributed by atoms with Gasteiger partial charge in [-0.25, -0.2) is 0 Å². The average molecular weight is 289 g/mol. The summed E-state index contributed by atoms with van der Waals surface area (Å²) in [6, 6.07) is 8.27. The van der Waals surface area contributed by atoms with Crippen LogP contribution in [0, 0.1) is 0 Å². The molecule has 0 bridgehead atoms. The van der Waals surface area contributed by atoms with Crippen LogP contribution in [-0.2, 0) is 0 Å². The zero-order valence-electron chi connectivity index (χ0n) is 12.8. The van der Waals surface area contributed by atoms with Gasteiger partial charge in [0.15, 0.2) is 0 Å². The number of hydrogen-bond acceptors (Lipinski definition) is 4. The molecule has 5 nitrogen and oxygen atoms in total. The Labute approximate surface area is 125 Å². The summed E-state index contributed by atoms with van der Waals surface area (Å²) in [4.78, 5) is 0. The molecule has 21 heavy (non-hydrogen) atoms. The van der Waals surface area contributed by atoms with Crippen LogP contribution in [-0.4, -0.2) is 28.1 Å². The lowest BCUT2D eigenvalue weighted by Gasteiger charge is -2.14. The number of aliphatic hydroxyl groups excluding tert-OH is 1. The Morgan fingerprint density at radius 2 is 1.95 bits per heavy atom. The van der Waals surface area contributed by atoms with Crippen LogP contribution in [0.3, 0.4) is 0 Å². The van der Waals surface area contributed by atoms with Gasteiger partial charge in [0.05, 0.1) is 18.8 Å². The van der Waals surface area contributed by atoms with Gasteiger partial charge in [-0.3, -0.25) is 4.68 Å². The minimum atomic E-state index is 0.0247. The van der Waals surface area contributed by atoms with E-state index in [9.17, 15) is 0 Å². The SMILES string of the molecule is CC(Nc1ccc(OCCO)cc1)c1cnn(C(C)C)c1.